The zero-order valence-corrected chi connectivity index (χ0v) is 12.1. The minimum Gasteiger partial charge on any atom is -0.391 e. The Labute approximate surface area is 124 Å². The molecule has 0 aromatic heterocycles. The van der Waals surface area contributed by atoms with E-state index in [1.807, 2.05) is 0 Å². The van der Waals surface area contributed by atoms with E-state index in [0.29, 0.717) is 0 Å². The highest BCUT2D eigenvalue weighted by molar-refractivity contribution is 7.91. The van der Waals surface area contributed by atoms with Gasteiger partial charge in [-0.15, -0.1) is 0 Å². The Morgan fingerprint density at radius 1 is 1.32 bits per heavy atom. The van der Waals surface area contributed by atoms with Gasteiger partial charge in [0.2, 0.25) is 11.6 Å². The molecular formula is C12H14F2N2O5S. The van der Waals surface area contributed by atoms with Crippen molar-refractivity contribution in [3.63, 3.8) is 0 Å². The molecule has 0 amide bonds. The second-order valence-electron chi connectivity index (χ2n) is 5.36. The van der Waals surface area contributed by atoms with Gasteiger partial charge >= 0.3 is 5.69 Å². The van der Waals surface area contributed by atoms with Gasteiger partial charge in [-0.1, -0.05) is 0 Å². The third-order valence-electron chi connectivity index (χ3n) is 3.59. The number of hydrogen-bond donors (Lipinski definition) is 2. The van der Waals surface area contributed by atoms with Crippen LogP contribution < -0.4 is 5.73 Å². The number of aliphatic hydroxyl groups is 1. The first-order chi connectivity index (χ1) is 10.1. The van der Waals surface area contributed by atoms with Crippen LogP contribution in [-0.2, 0) is 16.3 Å². The van der Waals surface area contributed by atoms with E-state index in [1.165, 1.54) is 0 Å². The van der Waals surface area contributed by atoms with Crippen molar-refractivity contribution in [3.05, 3.63) is 39.4 Å². The molecule has 7 nitrogen and oxygen atoms in total. The first kappa shape index (κ1) is 16.7. The SMILES string of the molecule is N[C@H]1CS(=O)(=O)C[C@@H](Cc2cc(F)c([N+](=O)[O-])c(F)c2)[C@@H]1O. The number of nitrogens with zero attached hydrogens (tertiary/aromatic N) is 1. The quantitative estimate of drug-likeness (QED) is 0.598. The molecule has 1 fully saturated rings. The molecular weight excluding hydrogens is 322 g/mol. The van der Waals surface area contributed by atoms with E-state index in [1.54, 1.807) is 0 Å². The average molecular weight is 336 g/mol. The molecule has 0 saturated carbocycles. The fourth-order valence-electron chi connectivity index (χ4n) is 2.63. The van der Waals surface area contributed by atoms with Gasteiger partial charge in [0.15, 0.2) is 9.84 Å². The van der Waals surface area contributed by atoms with E-state index in [-0.39, 0.29) is 23.5 Å². The monoisotopic (exact) mass is 336 g/mol. The number of halogens is 2. The van der Waals surface area contributed by atoms with Crippen molar-refractivity contribution in [1.82, 2.24) is 0 Å². The topological polar surface area (TPSA) is 124 Å². The maximum atomic E-state index is 13.6. The minimum absolute atomic E-state index is 0.0222. The van der Waals surface area contributed by atoms with Crippen LogP contribution in [0.5, 0.6) is 0 Å². The number of hydrogen-bond acceptors (Lipinski definition) is 6. The summed E-state index contributed by atoms with van der Waals surface area (Å²) in [6.45, 7) is 0. The summed E-state index contributed by atoms with van der Waals surface area (Å²) in [4.78, 5) is 9.34. The zero-order chi connectivity index (χ0) is 16.7. The predicted molar refractivity (Wildman–Crippen MR) is 72.8 cm³/mol. The summed E-state index contributed by atoms with van der Waals surface area (Å²) >= 11 is 0. The molecule has 1 aliphatic rings. The maximum absolute atomic E-state index is 13.6. The smallest absolute Gasteiger partial charge is 0.340 e. The van der Waals surface area contributed by atoms with Gasteiger partial charge in [-0.25, -0.2) is 8.42 Å². The Balaban J connectivity index is 2.29. The van der Waals surface area contributed by atoms with Crippen molar-refractivity contribution < 1.29 is 27.2 Å². The summed E-state index contributed by atoms with van der Waals surface area (Å²) in [6.07, 6.45) is -1.29. The Bertz CT molecular complexity index is 686. The van der Waals surface area contributed by atoms with Crippen LogP contribution in [0.1, 0.15) is 5.56 Å². The lowest BCUT2D eigenvalue weighted by molar-refractivity contribution is -0.390. The molecule has 1 aromatic rings. The number of rotatable bonds is 3. The first-order valence-corrected chi connectivity index (χ1v) is 8.19. The number of sulfone groups is 1. The molecule has 1 aromatic carbocycles. The fraction of sp³-hybridized carbons (Fsp3) is 0.500. The lowest BCUT2D eigenvalue weighted by Gasteiger charge is -2.32. The summed E-state index contributed by atoms with van der Waals surface area (Å²) < 4.78 is 50.4. The van der Waals surface area contributed by atoms with Gasteiger partial charge < -0.3 is 10.8 Å². The Morgan fingerprint density at radius 2 is 1.86 bits per heavy atom. The molecule has 0 aliphatic carbocycles. The molecule has 0 unspecified atom stereocenters. The average Bonchev–Trinajstić information content (AvgIpc) is 2.33. The summed E-state index contributed by atoms with van der Waals surface area (Å²) in [5.41, 5.74) is 4.31. The van der Waals surface area contributed by atoms with Crippen molar-refractivity contribution in [2.24, 2.45) is 11.7 Å². The maximum Gasteiger partial charge on any atom is 0.340 e. The third-order valence-corrected chi connectivity index (χ3v) is 5.42. The Kier molecular flexibility index (Phi) is 4.45. The van der Waals surface area contributed by atoms with Gasteiger partial charge in [0.25, 0.3) is 0 Å². The van der Waals surface area contributed by atoms with Crippen LogP contribution in [0.4, 0.5) is 14.5 Å². The van der Waals surface area contributed by atoms with E-state index in [2.05, 4.69) is 0 Å². The van der Waals surface area contributed by atoms with Crippen molar-refractivity contribution in [2.75, 3.05) is 11.5 Å². The molecule has 122 valence electrons. The Hall–Kier alpha value is -1.65. The van der Waals surface area contributed by atoms with Crippen LogP contribution in [0.2, 0.25) is 0 Å². The van der Waals surface area contributed by atoms with Crippen molar-refractivity contribution in [2.45, 2.75) is 18.6 Å². The number of nitrogens with two attached hydrogens (primary N) is 1. The molecule has 1 aliphatic heterocycles. The van der Waals surface area contributed by atoms with Crippen molar-refractivity contribution >= 4 is 15.5 Å². The molecule has 10 heteroatoms. The summed E-state index contributed by atoms with van der Waals surface area (Å²) in [5.74, 6) is -4.24. The normalized spacial score (nSPS) is 27.5. The van der Waals surface area contributed by atoms with Crippen LogP contribution >= 0.6 is 0 Å². The second kappa shape index (κ2) is 5.86. The van der Waals surface area contributed by atoms with Gasteiger partial charge in [0, 0.05) is 12.0 Å². The molecule has 0 spiro atoms. The second-order valence-corrected chi connectivity index (χ2v) is 7.51. The Morgan fingerprint density at radius 3 is 2.36 bits per heavy atom. The van der Waals surface area contributed by atoms with Gasteiger partial charge in [0.1, 0.15) is 0 Å². The lowest BCUT2D eigenvalue weighted by Crippen LogP contribution is -2.52. The van der Waals surface area contributed by atoms with Crippen LogP contribution in [0, 0.1) is 27.7 Å². The standard InChI is InChI=1S/C12H14F2N2O5S/c13-8-2-6(3-9(14)11(8)16(18)19)1-7-4-22(20,21)5-10(15)12(7)17/h2-3,7,10,12,17H,1,4-5,15H2/t7-,10+,12+/m1/s1. The number of nitro benzene ring substituents is 1. The number of aliphatic hydroxyl groups excluding tert-OH is 1. The molecule has 3 N–H and O–H groups in total. The minimum atomic E-state index is -3.46. The summed E-state index contributed by atoms with van der Waals surface area (Å²) in [6, 6.07) is 0.554. The zero-order valence-electron chi connectivity index (χ0n) is 11.3. The third kappa shape index (κ3) is 3.39. The van der Waals surface area contributed by atoms with Crippen LogP contribution in [0.25, 0.3) is 0 Å². The number of benzene rings is 1. The van der Waals surface area contributed by atoms with Crippen LogP contribution in [0.15, 0.2) is 12.1 Å². The first-order valence-electron chi connectivity index (χ1n) is 6.37. The highest BCUT2D eigenvalue weighted by atomic mass is 32.2. The van der Waals surface area contributed by atoms with E-state index in [9.17, 15) is 32.4 Å². The predicted octanol–water partition coefficient (Wildman–Crippen LogP) is 0.148. The fourth-order valence-corrected chi connectivity index (χ4v) is 4.51. The van der Waals surface area contributed by atoms with Gasteiger partial charge in [0.05, 0.1) is 22.5 Å². The molecule has 0 bridgehead atoms. The molecule has 22 heavy (non-hydrogen) atoms. The van der Waals surface area contributed by atoms with E-state index in [0.717, 1.165) is 12.1 Å². The van der Waals surface area contributed by atoms with Crippen LogP contribution in [-0.4, -0.2) is 42.1 Å². The van der Waals surface area contributed by atoms with Gasteiger partial charge in [-0.05, 0) is 24.1 Å². The van der Waals surface area contributed by atoms with Crippen molar-refractivity contribution in [1.29, 1.82) is 0 Å². The highest BCUT2D eigenvalue weighted by Crippen LogP contribution is 2.27. The highest BCUT2D eigenvalue weighted by Gasteiger charge is 2.38. The molecule has 1 saturated heterocycles. The largest absolute Gasteiger partial charge is 0.391 e. The van der Waals surface area contributed by atoms with Gasteiger partial charge in [-0.2, -0.15) is 8.78 Å². The van der Waals surface area contributed by atoms with Crippen LogP contribution in [0.3, 0.4) is 0 Å². The van der Waals surface area contributed by atoms with E-state index >= 15 is 0 Å². The molecule has 1 heterocycles. The molecule has 3 atom stereocenters. The molecule has 0 radical (unpaired) electrons. The molecule has 2 rings (SSSR count). The van der Waals surface area contributed by atoms with E-state index in [4.69, 9.17) is 5.73 Å². The number of nitro groups is 1. The summed E-state index contributed by atoms with van der Waals surface area (Å²) in [5, 5.41) is 20.4. The van der Waals surface area contributed by atoms with Gasteiger partial charge in [-0.3, -0.25) is 10.1 Å². The van der Waals surface area contributed by atoms with Crippen molar-refractivity contribution in [3.8, 4) is 0 Å². The summed E-state index contributed by atoms with van der Waals surface area (Å²) in [7, 11) is -3.46. The van der Waals surface area contributed by atoms with E-state index < -0.39 is 50.1 Å². The lowest BCUT2D eigenvalue weighted by atomic mass is 9.91.